The molecule has 1 amide bonds. The van der Waals surface area contributed by atoms with Crippen LogP contribution in [-0.2, 0) is 0 Å². The number of nitrogens with zero attached hydrogens (tertiary/aromatic N) is 4. The number of aliphatic imine (C=N–C) groups is 1. The van der Waals surface area contributed by atoms with Crippen molar-refractivity contribution in [2.24, 2.45) is 10.7 Å². The van der Waals surface area contributed by atoms with E-state index in [0.29, 0.717) is 27.7 Å². The highest BCUT2D eigenvalue weighted by Crippen LogP contribution is 2.29. The first-order valence-corrected chi connectivity index (χ1v) is 9.09. The van der Waals surface area contributed by atoms with Crippen LogP contribution in [0.25, 0.3) is 16.8 Å². The first-order chi connectivity index (χ1) is 14.0. The van der Waals surface area contributed by atoms with Gasteiger partial charge in [0.05, 0.1) is 28.7 Å². The van der Waals surface area contributed by atoms with Crippen molar-refractivity contribution in [1.29, 1.82) is 0 Å². The Morgan fingerprint density at radius 2 is 2.03 bits per heavy atom. The first kappa shape index (κ1) is 20.2. The van der Waals surface area contributed by atoms with Crippen LogP contribution in [0.1, 0.15) is 21.5 Å². The van der Waals surface area contributed by atoms with Crippen molar-refractivity contribution >= 4 is 35.1 Å². The molecule has 2 aromatic heterocycles. The van der Waals surface area contributed by atoms with Gasteiger partial charge in [-0.05, 0) is 36.2 Å². The maximum Gasteiger partial charge on any atom is 0.258 e. The van der Waals surface area contributed by atoms with Gasteiger partial charge in [-0.1, -0.05) is 17.7 Å². The lowest BCUT2D eigenvalue weighted by Gasteiger charge is -2.09. The van der Waals surface area contributed by atoms with Crippen molar-refractivity contribution < 1.29 is 4.79 Å². The third kappa shape index (κ3) is 4.64. The van der Waals surface area contributed by atoms with Crippen LogP contribution in [0.4, 0.5) is 5.82 Å². The lowest BCUT2D eigenvalue weighted by atomic mass is 10.0. The molecule has 0 aliphatic heterocycles. The van der Waals surface area contributed by atoms with Gasteiger partial charge in [-0.15, -0.1) is 0 Å². The second kappa shape index (κ2) is 9.07. The summed E-state index contributed by atoms with van der Waals surface area (Å²) in [6.07, 6.45) is 9.32. The van der Waals surface area contributed by atoms with Gasteiger partial charge in [-0.2, -0.15) is 0 Å². The molecule has 3 rings (SSSR count). The average molecular weight is 407 g/mol. The Kier molecular flexibility index (Phi) is 6.31. The van der Waals surface area contributed by atoms with Crippen LogP contribution in [0, 0.1) is 6.92 Å². The molecular formula is C21H19ClN6O. The molecule has 0 saturated carbocycles. The zero-order chi connectivity index (χ0) is 20.8. The number of rotatable bonds is 5. The summed E-state index contributed by atoms with van der Waals surface area (Å²) in [5, 5.41) is 3.24. The number of aryl methyl sites for hydroxylation is 1. The maximum atomic E-state index is 12.4. The molecule has 0 atom stereocenters. The molecule has 8 heteroatoms. The van der Waals surface area contributed by atoms with Gasteiger partial charge in [0.15, 0.2) is 5.82 Å². The van der Waals surface area contributed by atoms with Crippen LogP contribution in [-0.4, -0.2) is 34.1 Å². The lowest BCUT2D eigenvalue weighted by Crippen LogP contribution is -2.14. The summed E-state index contributed by atoms with van der Waals surface area (Å²) in [5.74, 6) is 0.0317. The quantitative estimate of drug-likeness (QED) is 0.627. The fourth-order valence-electron chi connectivity index (χ4n) is 2.67. The standard InChI is InChI=1S/C21H19ClN6O/c1-13-5-6-25-10-17(13)21(29)28-20-12-26-19(11-27-20)16-7-14(3-4-18(16)22)15(8-23)9-24-2/h3-12H,23H2,1-2H3,(H,27,28,29). The van der Waals surface area contributed by atoms with E-state index >= 15 is 0 Å². The Labute approximate surface area is 173 Å². The molecule has 0 saturated heterocycles. The Morgan fingerprint density at radius 1 is 1.21 bits per heavy atom. The predicted octanol–water partition coefficient (Wildman–Crippen LogP) is 3.75. The van der Waals surface area contributed by atoms with Gasteiger partial charge in [-0.3, -0.25) is 19.8 Å². The topological polar surface area (TPSA) is 106 Å². The number of nitrogens with one attached hydrogen (secondary N) is 1. The number of halogens is 1. The van der Waals surface area contributed by atoms with Crippen molar-refractivity contribution in [1.82, 2.24) is 15.0 Å². The average Bonchev–Trinajstić information content (AvgIpc) is 2.73. The summed E-state index contributed by atoms with van der Waals surface area (Å²) < 4.78 is 0. The minimum absolute atomic E-state index is 0.297. The van der Waals surface area contributed by atoms with Crippen LogP contribution in [0.3, 0.4) is 0 Å². The summed E-state index contributed by atoms with van der Waals surface area (Å²) in [6.45, 7) is 1.84. The molecule has 2 heterocycles. The molecule has 146 valence electrons. The fourth-order valence-corrected chi connectivity index (χ4v) is 2.89. The first-order valence-electron chi connectivity index (χ1n) is 8.72. The number of nitrogens with two attached hydrogens (primary N) is 1. The molecule has 0 radical (unpaired) electrons. The van der Waals surface area contributed by atoms with E-state index in [-0.39, 0.29) is 5.91 Å². The third-order valence-corrected chi connectivity index (χ3v) is 4.53. The predicted molar refractivity (Wildman–Crippen MR) is 116 cm³/mol. The second-order valence-corrected chi connectivity index (χ2v) is 6.54. The monoisotopic (exact) mass is 406 g/mol. The highest BCUT2D eigenvalue weighted by Gasteiger charge is 2.12. The van der Waals surface area contributed by atoms with Crippen molar-refractivity contribution in [3.05, 3.63) is 77.0 Å². The molecule has 1 aromatic carbocycles. The smallest absolute Gasteiger partial charge is 0.258 e. The number of carbonyl (C=O) groups excluding carboxylic acids is 1. The van der Waals surface area contributed by atoms with E-state index in [1.807, 2.05) is 19.1 Å². The Morgan fingerprint density at radius 3 is 2.69 bits per heavy atom. The molecule has 3 aromatic rings. The SMILES string of the molecule is CN=CC(=CN)c1ccc(Cl)c(-c2cnc(NC(=O)c3cnccc3C)cn2)c1. The van der Waals surface area contributed by atoms with Crippen LogP contribution in [0.15, 0.2) is 60.2 Å². The number of amides is 1. The van der Waals surface area contributed by atoms with Crippen molar-refractivity contribution in [2.45, 2.75) is 6.92 Å². The number of allylic oxidation sites excluding steroid dienone is 1. The van der Waals surface area contributed by atoms with Gasteiger partial charge < -0.3 is 11.1 Å². The van der Waals surface area contributed by atoms with E-state index in [1.165, 1.54) is 18.6 Å². The minimum Gasteiger partial charge on any atom is -0.404 e. The number of hydrogen-bond donors (Lipinski definition) is 2. The maximum absolute atomic E-state index is 12.4. The number of anilines is 1. The Balaban J connectivity index is 1.85. The number of pyridine rings is 1. The van der Waals surface area contributed by atoms with E-state index in [0.717, 1.165) is 16.7 Å². The van der Waals surface area contributed by atoms with Crippen LogP contribution >= 0.6 is 11.6 Å². The Hall–Kier alpha value is -3.58. The highest BCUT2D eigenvalue weighted by molar-refractivity contribution is 6.33. The highest BCUT2D eigenvalue weighted by atomic mass is 35.5. The van der Waals surface area contributed by atoms with Gasteiger partial charge in [0.25, 0.3) is 5.91 Å². The fraction of sp³-hybridized carbons (Fsp3) is 0.0952. The third-order valence-electron chi connectivity index (χ3n) is 4.20. The van der Waals surface area contributed by atoms with E-state index < -0.39 is 0 Å². The largest absolute Gasteiger partial charge is 0.404 e. The number of hydrogen-bond acceptors (Lipinski definition) is 6. The van der Waals surface area contributed by atoms with Crippen molar-refractivity contribution in [3.63, 3.8) is 0 Å². The van der Waals surface area contributed by atoms with E-state index in [1.54, 1.807) is 37.8 Å². The van der Waals surface area contributed by atoms with Crippen LogP contribution < -0.4 is 11.1 Å². The molecular weight excluding hydrogens is 388 g/mol. The zero-order valence-corrected chi connectivity index (χ0v) is 16.7. The van der Waals surface area contributed by atoms with Gasteiger partial charge in [0, 0.05) is 43.0 Å². The van der Waals surface area contributed by atoms with E-state index in [4.69, 9.17) is 17.3 Å². The molecule has 0 aliphatic rings. The molecule has 7 nitrogen and oxygen atoms in total. The van der Waals surface area contributed by atoms with Crippen molar-refractivity contribution in [3.8, 4) is 11.3 Å². The van der Waals surface area contributed by atoms with Crippen LogP contribution in [0.2, 0.25) is 5.02 Å². The second-order valence-electron chi connectivity index (χ2n) is 6.14. The number of aromatic nitrogens is 3. The van der Waals surface area contributed by atoms with Gasteiger partial charge >= 0.3 is 0 Å². The summed E-state index contributed by atoms with van der Waals surface area (Å²) in [7, 11) is 1.67. The van der Waals surface area contributed by atoms with Crippen molar-refractivity contribution in [2.75, 3.05) is 12.4 Å². The number of benzene rings is 1. The molecule has 3 N–H and O–H groups in total. The van der Waals surface area contributed by atoms with Gasteiger partial charge in [0.2, 0.25) is 0 Å². The summed E-state index contributed by atoms with van der Waals surface area (Å²) >= 11 is 6.35. The molecule has 0 fully saturated rings. The normalized spacial score (nSPS) is 11.6. The summed E-state index contributed by atoms with van der Waals surface area (Å²) in [5.41, 5.74) is 9.86. The lowest BCUT2D eigenvalue weighted by molar-refractivity contribution is 0.102. The summed E-state index contributed by atoms with van der Waals surface area (Å²) in [4.78, 5) is 29.0. The zero-order valence-electron chi connectivity index (χ0n) is 15.9. The van der Waals surface area contributed by atoms with Gasteiger partial charge in [-0.25, -0.2) is 4.98 Å². The molecule has 0 aliphatic carbocycles. The van der Waals surface area contributed by atoms with Gasteiger partial charge in [0.1, 0.15) is 0 Å². The van der Waals surface area contributed by atoms with Crippen LogP contribution in [0.5, 0.6) is 0 Å². The number of carbonyl (C=O) groups is 1. The Bertz CT molecular complexity index is 1090. The molecule has 29 heavy (non-hydrogen) atoms. The minimum atomic E-state index is -0.297. The molecule has 0 spiro atoms. The molecule has 0 bridgehead atoms. The van der Waals surface area contributed by atoms with E-state index in [2.05, 4.69) is 25.3 Å². The van der Waals surface area contributed by atoms with E-state index in [9.17, 15) is 4.79 Å². The molecule has 0 unspecified atom stereocenters. The summed E-state index contributed by atoms with van der Waals surface area (Å²) in [6, 6.07) is 7.25.